The van der Waals surface area contributed by atoms with Crippen LogP contribution < -0.4 is 10.6 Å². The Hall–Kier alpha value is -1.60. The average Bonchev–Trinajstić information content (AvgIpc) is 3.12. The average molecular weight is 336 g/mol. The van der Waals surface area contributed by atoms with Crippen LogP contribution in [0.25, 0.3) is 0 Å². The molecular weight excluding hydrogens is 302 g/mol. The van der Waals surface area contributed by atoms with Crippen molar-refractivity contribution in [3.63, 3.8) is 0 Å². The highest BCUT2D eigenvalue weighted by Crippen LogP contribution is 1.99. The lowest BCUT2D eigenvalue weighted by atomic mass is 10.3. The number of likely N-dealkylation sites (N-methyl/N-ethyl adjacent to an activating group) is 1. The Bertz CT molecular complexity index is 450. The van der Waals surface area contributed by atoms with Crippen LogP contribution in [0, 0.1) is 0 Å². The molecule has 0 bridgehead atoms. The Morgan fingerprint density at radius 1 is 1.08 bits per heavy atom. The van der Waals surface area contributed by atoms with Gasteiger partial charge in [0.1, 0.15) is 0 Å². The van der Waals surface area contributed by atoms with E-state index in [1.165, 1.54) is 32.7 Å². The predicted octanol–water partition coefficient (Wildman–Crippen LogP) is 0.466. The van der Waals surface area contributed by atoms with Gasteiger partial charge >= 0.3 is 0 Å². The van der Waals surface area contributed by atoms with Gasteiger partial charge in [0.15, 0.2) is 5.96 Å². The molecule has 0 radical (unpaired) electrons. The Labute approximate surface area is 146 Å². The maximum absolute atomic E-state index is 4.65. The first-order chi connectivity index (χ1) is 11.8. The summed E-state index contributed by atoms with van der Waals surface area (Å²) < 4.78 is 1.95. The van der Waals surface area contributed by atoms with Gasteiger partial charge in [0, 0.05) is 71.3 Å². The summed E-state index contributed by atoms with van der Waals surface area (Å²) in [6.07, 6.45) is 4.80. The van der Waals surface area contributed by atoms with Crippen molar-refractivity contribution in [1.29, 1.82) is 0 Å². The molecule has 0 aliphatic carbocycles. The molecule has 2 N–H and O–H groups in total. The van der Waals surface area contributed by atoms with Crippen molar-refractivity contribution in [2.75, 3.05) is 58.9 Å². The van der Waals surface area contributed by atoms with E-state index in [-0.39, 0.29) is 0 Å². The van der Waals surface area contributed by atoms with E-state index >= 15 is 0 Å². The molecule has 1 aliphatic heterocycles. The van der Waals surface area contributed by atoms with Crippen LogP contribution in [0.1, 0.15) is 20.3 Å². The second-order valence-corrected chi connectivity index (χ2v) is 6.09. The van der Waals surface area contributed by atoms with Crippen LogP contribution in [-0.2, 0) is 6.54 Å². The van der Waals surface area contributed by atoms with Crippen LogP contribution in [0.3, 0.4) is 0 Å². The highest BCUT2D eigenvalue weighted by atomic mass is 15.3. The lowest BCUT2D eigenvalue weighted by Gasteiger charge is -2.34. The number of piperazine rings is 1. The molecule has 0 atom stereocenters. The van der Waals surface area contributed by atoms with Crippen molar-refractivity contribution in [3.05, 3.63) is 18.5 Å². The summed E-state index contributed by atoms with van der Waals surface area (Å²) in [5.74, 6) is 0.921. The molecule has 1 aromatic heterocycles. The van der Waals surface area contributed by atoms with E-state index in [0.717, 1.165) is 45.1 Å². The smallest absolute Gasteiger partial charge is 0.191 e. The van der Waals surface area contributed by atoms with Gasteiger partial charge in [-0.2, -0.15) is 5.10 Å². The molecule has 7 heteroatoms. The number of aliphatic imine (C=N–C) groups is 1. The SMILES string of the molecule is CCNC(=NCCCn1cccn1)NCCN1CCN(CC)CC1. The highest BCUT2D eigenvalue weighted by molar-refractivity contribution is 5.79. The summed E-state index contributed by atoms with van der Waals surface area (Å²) in [7, 11) is 0. The summed E-state index contributed by atoms with van der Waals surface area (Å²) >= 11 is 0. The molecule has 2 rings (SSSR count). The first kappa shape index (κ1) is 18.7. The number of aromatic nitrogens is 2. The number of nitrogens with zero attached hydrogens (tertiary/aromatic N) is 5. The van der Waals surface area contributed by atoms with Gasteiger partial charge in [0.25, 0.3) is 0 Å². The van der Waals surface area contributed by atoms with Crippen molar-refractivity contribution in [2.45, 2.75) is 26.8 Å². The van der Waals surface area contributed by atoms with E-state index in [1.807, 2.05) is 23.1 Å². The zero-order chi connectivity index (χ0) is 17.0. The molecule has 0 spiro atoms. The van der Waals surface area contributed by atoms with E-state index in [9.17, 15) is 0 Å². The van der Waals surface area contributed by atoms with E-state index in [2.05, 4.69) is 44.4 Å². The standard InChI is InChI=1S/C17H33N7/c1-3-18-17(19-7-5-10-24-11-6-8-21-24)20-9-12-23-15-13-22(4-2)14-16-23/h6,8,11H,3-5,7,9-10,12-16H2,1-2H3,(H2,18,19,20). The lowest BCUT2D eigenvalue weighted by Crippen LogP contribution is -2.49. The number of hydrogen-bond acceptors (Lipinski definition) is 4. The monoisotopic (exact) mass is 335 g/mol. The molecule has 24 heavy (non-hydrogen) atoms. The summed E-state index contributed by atoms with van der Waals surface area (Å²) in [4.78, 5) is 9.68. The number of nitrogens with one attached hydrogen (secondary N) is 2. The van der Waals surface area contributed by atoms with Gasteiger partial charge in [-0.25, -0.2) is 0 Å². The van der Waals surface area contributed by atoms with Crippen LogP contribution in [0.15, 0.2) is 23.5 Å². The van der Waals surface area contributed by atoms with Crippen molar-refractivity contribution in [2.24, 2.45) is 4.99 Å². The van der Waals surface area contributed by atoms with E-state index in [0.29, 0.717) is 0 Å². The van der Waals surface area contributed by atoms with Gasteiger partial charge in [-0.15, -0.1) is 0 Å². The molecule has 1 fully saturated rings. The summed E-state index contributed by atoms with van der Waals surface area (Å²) in [6, 6.07) is 1.95. The minimum absolute atomic E-state index is 0.810. The lowest BCUT2D eigenvalue weighted by molar-refractivity contribution is 0.139. The van der Waals surface area contributed by atoms with E-state index in [4.69, 9.17) is 0 Å². The van der Waals surface area contributed by atoms with Crippen LogP contribution in [0.5, 0.6) is 0 Å². The van der Waals surface area contributed by atoms with Crippen LogP contribution >= 0.6 is 0 Å². The molecule has 1 aromatic rings. The van der Waals surface area contributed by atoms with Gasteiger partial charge in [-0.1, -0.05) is 6.92 Å². The highest BCUT2D eigenvalue weighted by Gasteiger charge is 2.14. The largest absolute Gasteiger partial charge is 0.357 e. The molecule has 1 saturated heterocycles. The zero-order valence-electron chi connectivity index (χ0n) is 15.2. The molecule has 7 nitrogen and oxygen atoms in total. The maximum atomic E-state index is 4.65. The fraction of sp³-hybridized carbons (Fsp3) is 0.765. The third kappa shape index (κ3) is 6.88. The molecule has 0 aromatic carbocycles. The molecule has 1 aliphatic rings. The number of aryl methyl sites for hydroxylation is 1. The molecule has 136 valence electrons. The third-order valence-corrected chi connectivity index (χ3v) is 4.35. The molecule has 0 saturated carbocycles. The first-order valence-electron chi connectivity index (χ1n) is 9.26. The first-order valence-corrected chi connectivity index (χ1v) is 9.26. The second kappa shape index (κ2) is 11.0. The summed E-state index contributed by atoms with van der Waals surface area (Å²) in [5, 5.41) is 11.0. The number of hydrogen-bond donors (Lipinski definition) is 2. The summed E-state index contributed by atoms with van der Waals surface area (Å²) in [5.41, 5.74) is 0. The number of rotatable bonds is 9. The van der Waals surface area contributed by atoms with Crippen LogP contribution in [-0.4, -0.2) is 84.4 Å². The Balaban J connectivity index is 1.62. The molecule has 0 amide bonds. The normalized spacial score (nSPS) is 17.2. The third-order valence-electron chi connectivity index (χ3n) is 4.35. The molecular formula is C17H33N7. The van der Waals surface area contributed by atoms with E-state index in [1.54, 1.807) is 0 Å². The second-order valence-electron chi connectivity index (χ2n) is 6.09. The Kier molecular flexibility index (Phi) is 8.62. The fourth-order valence-electron chi connectivity index (χ4n) is 2.86. The minimum Gasteiger partial charge on any atom is -0.357 e. The zero-order valence-corrected chi connectivity index (χ0v) is 15.2. The van der Waals surface area contributed by atoms with Crippen molar-refractivity contribution >= 4 is 5.96 Å². The maximum Gasteiger partial charge on any atom is 0.191 e. The Morgan fingerprint density at radius 2 is 1.88 bits per heavy atom. The van der Waals surface area contributed by atoms with Gasteiger partial charge in [-0.05, 0) is 26.0 Å². The summed E-state index contributed by atoms with van der Waals surface area (Å²) in [6.45, 7) is 14.9. The van der Waals surface area contributed by atoms with Gasteiger partial charge < -0.3 is 15.5 Å². The fourth-order valence-corrected chi connectivity index (χ4v) is 2.86. The van der Waals surface area contributed by atoms with Crippen molar-refractivity contribution in [3.8, 4) is 0 Å². The van der Waals surface area contributed by atoms with Crippen LogP contribution in [0.4, 0.5) is 0 Å². The van der Waals surface area contributed by atoms with Gasteiger partial charge in [0.2, 0.25) is 0 Å². The van der Waals surface area contributed by atoms with Gasteiger partial charge in [0.05, 0.1) is 0 Å². The Morgan fingerprint density at radius 3 is 2.54 bits per heavy atom. The molecule has 0 unspecified atom stereocenters. The van der Waals surface area contributed by atoms with Crippen molar-refractivity contribution < 1.29 is 0 Å². The van der Waals surface area contributed by atoms with Gasteiger partial charge in [-0.3, -0.25) is 14.6 Å². The molecule has 2 heterocycles. The van der Waals surface area contributed by atoms with E-state index < -0.39 is 0 Å². The predicted molar refractivity (Wildman–Crippen MR) is 99.4 cm³/mol. The number of guanidine groups is 1. The topological polar surface area (TPSA) is 60.7 Å². The van der Waals surface area contributed by atoms with Crippen LogP contribution in [0.2, 0.25) is 0 Å². The van der Waals surface area contributed by atoms with Crippen molar-refractivity contribution in [1.82, 2.24) is 30.2 Å². The minimum atomic E-state index is 0.810. The quantitative estimate of drug-likeness (QED) is 0.390.